The molecule has 0 saturated heterocycles. The van der Waals surface area contributed by atoms with Crippen LogP contribution in [-0.4, -0.2) is 17.9 Å². The summed E-state index contributed by atoms with van der Waals surface area (Å²) in [4.78, 5) is 22.7. The van der Waals surface area contributed by atoms with Crippen molar-refractivity contribution in [2.24, 2.45) is 0 Å². The molecule has 28 heavy (non-hydrogen) atoms. The third-order valence-electron chi connectivity index (χ3n) is 4.12. The van der Waals surface area contributed by atoms with E-state index in [4.69, 9.17) is 4.74 Å². The van der Waals surface area contributed by atoms with Gasteiger partial charge in [0.15, 0.2) is 0 Å². The number of rotatable bonds is 6. The molecule has 6 heteroatoms. The lowest BCUT2D eigenvalue weighted by Crippen LogP contribution is -2.12. The van der Waals surface area contributed by atoms with Crippen molar-refractivity contribution in [3.63, 3.8) is 0 Å². The van der Waals surface area contributed by atoms with Crippen molar-refractivity contribution in [1.82, 2.24) is 0 Å². The van der Waals surface area contributed by atoms with Crippen LogP contribution in [0.5, 0.6) is 5.75 Å². The molecule has 0 heterocycles. The number of methoxy groups -OCH3 is 1. The van der Waals surface area contributed by atoms with E-state index < -0.39 is 4.92 Å². The number of hydrogen-bond acceptors (Lipinski definition) is 4. The lowest BCUT2D eigenvalue weighted by atomic mass is 10.1. The molecular formula is C22H18N2O4. The maximum absolute atomic E-state index is 12.5. The minimum atomic E-state index is -0.499. The van der Waals surface area contributed by atoms with Crippen molar-refractivity contribution in [2.45, 2.75) is 0 Å². The highest BCUT2D eigenvalue weighted by molar-refractivity contribution is 6.05. The van der Waals surface area contributed by atoms with Crippen LogP contribution in [-0.2, 0) is 0 Å². The van der Waals surface area contributed by atoms with E-state index in [-0.39, 0.29) is 11.6 Å². The fraction of sp³-hybridized carbons (Fsp3) is 0.0455. The molecule has 0 spiro atoms. The number of hydrogen-bond donors (Lipinski definition) is 1. The van der Waals surface area contributed by atoms with Crippen molar-refractivity contribution < 1.29 is 14.5 Å². The second-order valence-corrected chi connectivity index (χ2v) is 5.95. The third-order valence-corrected chi connectivity index (χ3v) is 4.12. The summed E-state index contributed by atoms with van der Waals surface area (Å²) in [5, 5.41) is 13.6. The van der Waals surface area contributed by atoms with E-state index in [0.717, 1.165) is 16.9 Å². The second-order valence-electron chi connectivity index (χ2n) is 5.95. The van der Waals surface area contributed by atoms with Crippen molar-refractivity contribution in [3.8, 4) is 5.75 Å². The number of benzene rings is 3. The van der Waals surface area contributed by atoms with E-state index in [1.54, 1.807) is 13.2 Å². The summed E-state index contributed by atoms with van der Waals surface area (Å²) in [7, 11) is 1.62. The molecule has 0 unspecified atom stereocenters. The average Bonchev–Trinajstić information content (AvgIpc) is 2.73. The molecule has 6 nitrogen and oxygen atoms in total. The Morgan fingerprint density at radius 2 is 1.64 bits per heavy atom. The number of nitro benzene ring substituents is 1. The van der Waals surface area contributed by atoms with Gasteiger partial charge in [0.25, 0.3) is 11.6 Å². The first-order chi connectivity index (χ1) is 13.6. The van der Waals surface area contributed by atoms with Gasteiger partial charge in [-0.1, -0.05) is 42.5 Å². The number of non-ortho nitro benzene ring substituents is 1. The summed E-state index contributed by atoms with van der Waals surface area (Å²) in [5.74, 6) is 0.452. The Hall–Kier alpha value is -3.93. The Balaban J connectivity index is 1.76. The highest BCUT2D eigenvalue weighted by Crippen LogP contribution is 2.21. The van der Waals surface area contributed by atoms with Crippen LogP contribution >= 0.6 is 0 Å². The number of para-hydroxylation sites is 1. The number of carbonyl (C=O) groups is 1. The molecule has 3 aromatic rings. The van der Waals surface area contributed by atoms with Crippen LogP contribution in [0.3, 0.4) is 0 Å². The van der Waals surface area contributed by atoms with Gasteiger partial charge in [-0.15, -0.1) is 0 Å². The molecule has 3 rings (SSSR count). The Morgan fingerprint density at radius 3 is 2.29 bits per heavy atom. The van der Waals surface area contributed by atoms with Crippen molar-refractivity contribution >= 4 is 29.4 Å². The van der Waals surface area contributed by atoms with Gasteiger partial charge in [0, 0.05) is 23.4 Å². The molecule has 0 aliphatic heterocycles. The number of nitrogens with zero attached hydrogens (tertiary/aromatic N) is 1. The molecule has 0 aliphatic carbocycles. The molecule has 1 N–H and O–H groups in total. The largest absolute Gasteiger partial charge is 0.497 e. The van der Waals surface area contributed by atoms with Gasteiger partial charge in [-0.05, 0) is 41.5 Å². The Bertz CT molecular complexity index is 1010. The fourth-order valence-corrected chi connectivity index (χ4v) is 2.59. The van der Waals surface area contributed by atoms with Gasteiger partial charge >= 0.3 is 0 Å². The average molecular weight is 374 g/mol. The normalized spacial score (nSPS) is 10.6. The number of carbonyl (C=O) groups excluding carboxylic acids is 1. The predicted octanol–water partition coefficient (Wildman–Crippen LogP) is 5.03. The van der Waals surface area contributed by atoms with Crippen LogP contribution in [0.25, 0.3) is 12.2 Å². The van der Waals surface area contributed by atoms with E-state index in [9.17, 15) is 14.9 Å². The summed E-state index contributed by atoms with van der Waals surface area (Å²) < 4.78 is 5.15. The minimum absolute atomic E-state index is 0.0561. The maximum Gasteiger partial charge on any atom is 0.269 e. The topological polar surface area (TPSA) is 81.5 Å². The van der Waals surface area contributed by atoms with Gasteiger partial charge in [-0.25, -0.2) is 0 Å². The summed E-state index contributed by atoms with van der Waals surface area (Å²) >= 11 is 0. The van der Waals surface area contributed by atoms with Crippen LogP contribution < -0.4 is 10.1 Å². The lowest BCUT2D eigenvalue weighted by molar-refractivity contribution is -0.384. The van der Waals surface area contributed by atoms with Crippen LogP contribution in [0.1, 0.15) is 21.5 Å². The standard InChI is InChI=1S/C22H18N2O4/c1-28-20-14-7-16(8-15-20)6-9-17-4-2-3-5-21(17)23-22(25)18-10-12-19(13-11-18)24(26)27/h2-15H,1H3,(H,23,25)/b9-6+. The van der Waals surface area contributed by atoms with E-state index >= 15 is 0 Å². The zero-order chi connectivity index (χ0) is 19.9. The number of nitro groups is 1. The van der Waals surface area contributed by atoms with E-state index in [0.29, 0.717) is 11.3 Å². The first kappa shape index (κ1) is 18.8. The zero-order valence-electron chi connectivity index (χ0n) is 15.2. The lowest BCUT2D eigenvalue weighted by Gasteiger charge is -2.08. The van der Waals surface area contributed by atoms with Crippen molar-refractivity contribution in [1.29, 1.82) is 0 Å². The molecular weight excluding hydrogens is 356 g/mol. The Morgan fingerprint density at radius 1 is 0.964 bits per heavy atom. The highest BCUT2D eigenvalue weighted by Gasteiger charge is 2.10. The molecule has 0 aromatic heterocycles. The molecule has 0 fully saturated rings. The quantitative estimate of drug-likeness (QED) is 0.373. The molecule has 0 radical (unpaired) electrons. The van der Waals surface area contributed by atoms with Gasteiger partial charge in [0.1, 0.15) is 5.75 Å². The summed E-state index contributed by atoms with van der Waals surface area (Å²) in [5.41, 5.74) is 2.78. The van der Waals surface area contributed by atoms with E-state index in [1.807, 2.05) is 54.6 Å². The molecule has 0 aliphatic rings. The minimum Gasteiger partial charge on any atom is -0.497 e. The van der Waals surface area contributed by atoms with Crippen molar-refractivity contribution in [3.05, 3.63) is 99.6 Å². The van der Waals surface area contributed by atoms with Crippen LogP contribution in [0.2, 0.25) is 0 Å². The SMILES string of the molecule is COc1ccc(/C=C/c2ccccc2NC(=O)c2ccc([N+](=O)[O-])cc2)cc1. The number of ether oxygens (including phenoxy) is 1. The zero-order valence-corrected chi connectivity index (χ0v) is 15.2. The van der Waals surface area contributed by atoms with E-state index in [2.05, 4.69) is 5.32 Å². The molecule has 0 bridgehead atoms. The highest BCUT2D eigenvalue weighted by atomic mass is 16.6. The molecule has 0 saturated carbocycles. The van der Waals surface area contributed by atoms with Gasteiger partial charge < -0.3 is 10.1 Å². The summed E-state index contributed by atoms with van der Waals surface area (Å²) in [6.07, 6.45) is 3.85. The first-order valence-electron chi connectivity index (χ1n) is 8.54. The predicted molar refractivity (Wildman–Crippen MR) is 109 cm³/mol. The monoisotopic (exact) mass is 374 g/mol. The Kier molecular flexibility index (Phi) is 5.81. The van der Waals surface area contributed by atoms with Crippen LogP contribution in [0, 0.1) is 10.1 Å². The van der Waals surface area contributed by atoms with Gasteiger partial charge in [-0.3, -0.25) is 14.9 Å². The molecule has 1 amide bonds. The first-order valence-corrected chi connectivity index (χ1v) is 8.54. The Labute approximate surface area is 162 Å². The number of amides is 1. The molecule has 0 atom stereocenters. The van der Waals surface area contributed by atoms with Gasteiger partial charge in [0.05, 0.1) is 12.0 Å². The van der Waals surface area contributed by atoms with Gasteiger partial charge in [-0.2, -0.15) is 0 Å². The van der Waals surface area contributed by atoms with E-state index in [1.165, 1.54) is 24.3 Å². The smallest absolute Gasteiger partial charge is 0.269 e. The van der Waals surface area contributed by atoms with Crippen LogP contribution in [0.15, 0.2) is 72.8 Å². The van der Waals surface area contributed by atoms with Crippen molar-refractivity contribution in [2.75, 3.05) is 12.4 Å². The fourth-order valence-electron chi connectivity index (χ4n) is 2.59. The number of nitrogens with one attached hydrogen (secondary N) is 1. The summed E-state index contributed by atoms with van der Waals surface area (Å²) in [6.45, 7) is 0. The number of anilines is 1. The summed E-state index contributed by atoms with van der Waals surface area (Å²) in [6, 6.07) is 20.5. The third kappa shape index (κ3) is 4.62. The van der Waals surface area contributed by atoms with Crippen LogP contribution in [0.4, 0.5) is 11.4 Å². The maximum atomic E-state index is 12.5. The molecule has 3 aromatic carbocycles. The second kappa shape index (κ2) is 8.64. The van der Waals surface area contributed by atoms with Gasteiger partial charge in [0.2, 0.25) is 0 Å². The molecule has 140 valence electrons.